The number of ether oxygens (including phenoxy) is 1. The molecule has 160 valence electrons. The molecule has 2 saturated heterocycles. The van der Waals surface area contributed by atoms with Crippen LogP contribution in [0.25, 0.3) is 0 Å². The lowest BCUT2D eigenvalue weighted by molar-refractivity contribution is -0.00517. The van der Waals surface area contributed by atoms with Gasteiger partial charge in [-0.3, -0.25) is 0 Å². The van der Waals surface area contributed by atoms with Gasteiger partial charge < -0.3 is 24.8 Å². The molecule has 0 bridgehead atoms. The number of morpholine rings is 1. The van der Waals surface area contributed by atoms with Gasteiger partial charge in [-0.15, -0.1) is 0 Å². The summed E-state index contributed by atoms with van der Waals surface area (Å²) in [5, 5.41) is 3.87. The zero-order chi connectivity index (χ0) is 21.1. The number of hydrogen-bond donors (Lipinski definition) is 1. The Morgan fingerprint density at radius 3 is 2.37 bits per heavy atom. The largest absolute Gasteiger partial charge is 0.372 e. The highest BCUT2D eigenvalue weighted by molar-refractivity contribution is 6.30. The van der Waals surface area contributed by atoms with Crippen molar-refractivity contribution in [1.82, 2.24) is 4.90 Å². The highest BCUT2D eigenvalue weighted by Gasteiger charge is 2.26. The molecule has 0 aliphatic carbocycles. The molecular formula is C23H29ClN4O2. The summed E-state index contributed by atoms with van der Waals surface area (Å²) < 4.78 is 5.86. The van der Waals surface area contributed by atoms with E-state index in [0.717, 1.165) is 48.3 Å². The molecule has 6 nitrogen and oxygen atoms in total. The van der Waals surface area contributed by atoms with Crippen LogP contribution < -0.4 is 15.1 Å². The van der Waals surface area contributed by atoms with Crippen molar-refractivity contribution < 1.29 is 9.53 Å². The summed E-state index contributed by atoms with van der Waals surface area (Å²) in [6.45, 7) is 8.72. The molecule has 2 unspecified atom stereocenters. The normalized spacial score (nSPS) is 22.2. The van der Waals surface area contributed by atoms with Gasteiger partial charge in [0.05, 0.1) is 23.6 Å². The first-order chi connectivity index (χ1) is 14.5. The second-order valence-corrected chi connectivity index (χ2v) is 8.50. The first-order valence-corrected chi connectivity index (χ1v) is 10.9. The molecule has 1 N–H and O–H groups in total. The van der Waals surface area contributed by atoms with Gasteiger partial charge in [-0.05, 0) is 44.2 Å². The van der Waals surface area contributed by atoms with Gasteiger partial charge in [0.1, 0.15) is 0 Å². The molecule has 0 radical (unpaired) electrons. The number of nitrogens with zero attached hydrogens (tertiary/aromatic N) is 3. The average Bonchev–Trinajstić information content (AvgIpc) is 2.73. The van der Waals surface area contributed by atoms with Crippen LogP contribution in [0.5, 0.6) is 0 Å². The van der Waals surface area contributed by atoms with Crippen LogP contribution in [-0.2, 0) is 4.74 Å². The van der Waals surface area contributed by atoms with E-state index in [9.17, 15) is 4.79 Å². The lowest BCUT2D eigenvalue weighted by atomic mass is 10.1. The molecule has 2 aliphatic heterocycles. The van der Waals surface area contributed by atoms with Crippen molar-refractivity contribution in [1.29, 1.82) is 0 Å². The van der Waals surface area contributed by atoms with Crippen LogP contribution in [0.3, 0.4) is 0 Å². The molecule has 0 saturated carbocycles. The Bertz CT molecular complexity index is 875. The van der Waals surface area contributed by atoms with Gasteiger partial charge in [-0.25, -0.2) is 4.79 Å². The minimum absolute atomic E-state index is 0.0532. The highest BCUT2D eigenvalue weighted by atomic mass is 35.5. The van der Waals surface area contributed by atoms with E-state index in [2.05, 4.69) is 41.1 Å². The van der Waals surface area contributed by atoms with Crippen molar-refractivity contribution in [3.63, 3.8) is 0 Å². The summed E-state index contributed by atoms with van der Waals surface area (Å²) in [6.07, 6.45) is 0.328. The predicted molar refractivity (Wildman–Crippen MR) is 123 cm³/mol. The molecular weight excluding hydrogens is 400 g/mol. The summed E-state index contributed by atoms with van der Waals surface area (Å²) >= 11 is 6.12. The van der Waals surface area contributed by atoms with Crippen LogP contribution in [0.1, 0.15) is 13.8 Å². The third kappa shape index (κ3) is 4.82. The number of urea groups is 1. The van der Waals surface area contributed by atoms with E-state index in [1.165, 1.54) is 0 Å². The van der Waals surface area contributed by atoms with Crippen LogP contribution in [0, 0.1) is 0 Å². The molecule has 7 heteroatoms. The number of halogens is 1. The van der Waals surface area contributed by atoms with Gasteiger partial charge in [0.25, 0.3) is 0 Å². The van der Waals surface area contributed by atoms with E-state index in [4.69, 9.17) is 16.3 Å². The summed E-state index contributed by atoms with van der Waals surface area (Å²) in [4.78, 5) is 19.4. The van der Waals surface area contributed by atoms with Crippen LogP contribution in [0.4, 0.5) is 21.9 Å². The van der Waals surface area contributed by atoms with E-state index in [1.54, 1.807) is 0 Å². The van der Waals surface area contributed by atoms with Crippen molar-refractivity contribution in [2.75, 3.05) is 54.4 Å². The molecule has 2 atom stereocenters. The summed E-state index contributed by atoms with van der Waals surface area (Å²) in [7, 11) is 0. The molecule has 4 rings (SSSR count). The zero-order valence-corrected chi connectivity index (χ0v) is 18.3. The average molecular weight is 429 g/mol. The van der Waals surface area contributed by atoms with E-state index in [-0.39, 0.29) is 18.2 Å². The molecule has 0 aromatic heterocycles. The molecule has 2 aromatic rings. The van der Waals surface area contributed by atoms with Crippen LogP contribution in [0.15, 0.2) is 48.5 Å². The summed E-state index contributed by atoms with van der Waals surface area (Å²) in [5.74, 6) is 0. The zero-order valence-electron chi connectivity index (χ0n) is 17.6. The van der Waals surface area contributed by atoms with E-state index >= 15 is 0 Å². The lowest BCUT2D eigenvalue weighted by Crippen LogP contribution is -2.50. The fraction of sp³-hybridized carbons (Fsp3) is 0.435. The molecule has 0 spiro atoms. The smallest absolute Gasteiger partial charge is 0.322 e. The number of piperazine rings is 1. The third-order valence-corrected chi connectivity index (χ3v) is 5.88. The van der Waals surface area contributed by atoms with Crippen molar-refractivity contribution in [2.24, 2.45) is 0 Å². The second kappa shape index (κ2) is 9.14. The molecule has 2 aliphatic rings. The molecule has 2 aromatic carbocycles. The predicted octanol–water partition coefficient (Wildman–Crippen LogP) is 4.31. The molecule has 2 amide bonds. The van der Waals surface area contributed by atoms with Crippen LogP contribution >= 0.6 is 11.6 Å². The third-order valence-electron chi connectivity index (χ3n) is 5.65. The van der Waals surface area contributed by atoms with Gasteiger partial charge >= 0.3 is 6.03 Å². The highest BCUT2D eigenvalue weighted by Crippen LogP contribution is 2.29. The van der Waals surface area contributed by atoms with Gasteiger partial charge in [0.2, 0.25) is 0 Å². The number of para-hydroxylation sites is 2. The first-order valence-electron chi connectivity index (χ1n) is 10.6. The summed E-state index contributed by atoms with van der Waals surface area (Å²) in [6, 6.07) is 15.8. The van der Waals surface area contributed by atoms with Crippen molar-refractivity contribution in [2.45, 2.75) is 26.1 Å². The Labute approximate surface area is 183 Å². The quantitative estimate of drug-likeness (QED) is 0.791. The van der Waals surface area contributed by atoms with Crippen LogP contribution in [-0.4, -0.2) is 62.4 Å². The van der Waals surface area contributed by atoms with Crippen molar-refractivity contribution in [3.05, 3.63) is 53.6 Å². The van der Waals surface area contributed by atoms with E-state index in [1.807, 2.05) is 41.3 Å². The monoisotopic (exact) mass is 428 g/mol. The number of benzene rings is 2. The Kier molecular flexibility index (Phi) is 6.35. The van der Waals surface area contributed by atoms with Crippen LogP contribution in [0.2, 0.25) is 5.02 Å². The Morgan fingerprint density at radius 1 is 0.967 bits per heavy atom. The fourth-order valence-electron chi connectivity index (χ4n) is 4.26. The first kappa shape index (κ1) is 20.8. The summed E-state index contributed by atoms with van der Waals surface area (Å²) in [5.41, 5.74) is 3.00. The Morgan fingerprint density at radius 2 is 1.67 bits per heavy atom. The minimum atomic E-state index is -0.0532. The van der Waals surface area contributed by atoms with Gasteiger partial charge in [-0.1, -0.05) is 29.8 Å². The van der Waals surface area contributed by atoms with E-state index in [0.29, 0.717) is 13.1 Å². The number of amides is 2. The Hall–Kier alpha value is -2.44. The number of rotatable bonds is 3. The maximum atomic E-state index is 13.0. The van der Waals surface area contributed by atoms with Crippen molar-refractivity contribution >= 4 is 34.7 Å². The molecule has 2 fully saturated rings. The minimum Gasteiger partial charge on any atom is -0.372 e. The standard InChI is InChI=1S/C23H29ClN4O2/c1-17-15-28(16-18(2)30-17)22-9-4-3-8-21(22)25-23(29)27-12-10-26(11-13-27)20-7-5-6-19(24)14-20/h3-9,14,17-18H,10-13,15-16H2,1-2H3,(H,25,29). The van der Waals surface area contributed by atoms with Gasteiger partial charge in [0.15, 0.2) is 0 Å². The molecule has 2 heterocycles. The SMILES string of the molecule is CC1CN(c2ccccc2NC(=O)N2CCN(c3cccc(Cl)c3)CC2)CC(C)O1. The second-order valence-electron chi connectivity index (χ2n) is 8.06. The lowest BCUT2D eigenvalue weighted by Gasteiger charge is -2.38. The number of carbonyl (C=O) groups excluding carboxylic acids is 1. The topological polar surface area (TPSA) is 48.1 Å². The number of anilines is 3. The van der Waals surface area contributed by atoms with Gasteiger partial charge in [0, 0.05) is 50.0 Å². The number of hydrogen-bond acceptors (Lipinski definition) is 4. The Balaban J connectivity index is 1.39. The maximum absolute atomic E-state index is 13.0. The number of nitrogens with one attached hydrogen (secondary N) is 1. The van der Waals surface area contributed by atoms with Gasteiger partial charge in [-0.2, -0.15) is 0 Å². The van der Waals surface area contributed by atoms with Crippen molar-refractivity contribution in [3.8, 4) is 0 Å². The van der Waals surface area contributed by atoms with E-state index < -0.39 is 0 Å². The number of carbonyl (C=O) groups is 1. The fourth-order valence-corrected chi connectivity index (χ4v) is 4.45. The maximum Gasteiger partial charge on any atom is 0.322 e. The molecule has 30 heavy (non-hydrogen) atoms.